The number of nitrogens with two attached hydrogens (primary N) is 1. The lowest BCUT2D eigenvalue weighted by molar-refractivity contribution is 0.0257. The van der Waals surface area contributed by atoms with Gasteiger partial charge in [0.1, 0.15) is 11.5 Å². The van der Waals surface area contributed by atoms with Crippen LogP contribution in [0.4, 0.5) is 26.1 Å². The Morgan fingerprint density at radius 1 is 1.26 bits per heavy atom. The number of nitrogens with zero attached hydrogens (tertiary/aromatic N) is 3. The number of anilines is 3. The first-order valence-electron chi connectivity index (χ1n) is 8.88. The molecule has 0 unspecified atom stereocenters. The average molecular weight is 394 g/mol. The van der Waals surface area contributed by atoms with Crippen molar-refractivity contribution >= 4 is 30.0 Å². The molecule has 0 atom stereocenters. The van der Waals surface area contributed by atoms with E-state index in [9.17, 15) is 8.78 Å². The minimum atomic E-state index is -2.72. The Bertz CT molecular complexity index is 835. The van der Waals surface area contributed by atoms with Crippen LogP contribution in [0.3, 0.4) is 0 Å². The van der Waals surface area contributed by atoms with Crippen molar-refractivity contribution in [3.05, 3.63) is 35.7 Å². The van der Waals surface area contributed by atoms with Gasteiger partial charge in [-0.2, -0.15) is 0 Å². The van der Waals surface area contributed by atoms with Gasteiger partial charge >= 0.3 is 0 Å². The maximum absolute atomic E-state index is 13.7. The van der Waals surface area contributed by atoms with Gasteiger partial charge in [0, 0.05) is 29.8 Å². The van der Waals surface area contributed by atoms with E-state index in [2.05, 4.69) is 27.9 Å². The van der Waals surface area contributed by atoms with Crippen LogP contribution in [0.25, 0.3) is 0 Å². The number of hydrogen-bond acceptors (Lipinski definition) is 6. The summed E-state index contributed by atoms with van der Waals surface area (Å²) in [6.07, 6.45) is -0.197. The molecule has 0 spiro atoms. The summed E-state index contributed by atoms with van der Waals surface area (Å²) in [5.41, 5.74) is 7.21. The van der Waals surface area contributed by atoms with Gasteiger partial charge in [-0.3, -0.25) is 0 Å². The number of nitrogens with one attached hydrogen (secondary N) is 1. The highest BCUT2D eigenvalue weighted by Crippen LogP contribution is 2.36. The molecule has 3 rings (SSSR count). The highest BCUT2D eigenvalue weighted by Gasteiger charge is 2.40. The highest BCUT2D eigenvalue weighted by molar-refractivity contribution is 7.80. The molecule has 1 saturated heterocycles. The fraction of sp³-hybridized carbons (Fsp3) is 0.474. The highest BCUT2D eigenvalue weighted by atomic mass is 32.1. The van der Waals surface area contributed by atoms with Crippen LogP contribution in [0.5, 0.6) is 0 Å². The Morgan fingerprint density at radius 2 is 1.96 bits per heavy atom. The molecule has 27 heavy (non-hydrogen) atoms. The summed E-state index contributed by atoms with van der Waals surface area (Å²) in [6.45, 7) is 6.25. The molecule has 1 aliphatic rings. The molecule has 2 heterocycles. The van der Waals surface area contributed by atoms with E-state index in [4.69, 9.17) is 5.73 Å². The number of rotatable bonds is 4. The van der Waals surface area contributed by atoms with Crippen LogP contribution >= 0.6 is 12.6 Å². The van der Waals surface area contributed by atoms with Crippen LogP contribution in [0.2, 0.25) is 0 Å². The van der Waals surface area contributed by atoms with Gasteiger partial charge < -0.3 is 16.0 Å². The monoisotopic (exact) mass is 393 g/mol. The van der Waals surface area contributed by atoms with Gasteiger partial charge in [0.25, 0.3) is 5.92 Å². The Hall–Kier alpha value is -2.09. The van der Waals surface area contributed by atoms with Gasteiger partial charge in [-0.1, -0.05) is 39.0 Å². The smallest absolute Gasteiger partial charge is 0.266 e. The number of halogens is 2. The first kappa shape index (κ1) is 19.7. The molecule has 0 radical (unpaired) electrons. The fourth-order valence-electron chi connectivity index (χ4n) is 2.92. The standard InChI is InChI=1S/C19H25F2N5S/c1-18(2,3)17-24-15(23-10-12-6-4-5-7-13(12)27)14(22)16(25-17)26-9-8-19(20,21)11-26/h4-7,27H,8-11,22H2,1-3H3,(H,23,24,25). The van der Waals surface area contributed by atoms with Gasteiger partial charge in [-0.05, 0) is 11.6 Å². The number of hydrogen-bond donors (Lipinski definition) is 3. The van der Waals surface area contributed by atoms with E-state index in [1.807, 2.05) is 45.0 Å². The largest absolute Gasteiger partial charge is 0.393 e. The summed E-state index contributed by atoms with van der Waals surface area (Å²) in [5.74, 6) is -1.34. The quantitative estimate of drug-likeness (QED) is 0.683. The summed E-state index contributed by atoms with van der Waals surface area (Å²) >= 11 is 4.45. The molecule has 1 aromatic carbocycles. The molecule has 0 aliphatic carbocycles. The van der Waals surface area contributed by atoms with Crippen molar-refractivity contribution in [3.63, 3.8) is 0 Å². The van der Waals surface area contributed by atoms with Crippen LogP contribution in [0, 0.1) is 0 Å². The van der Waals surface area contributed by atoms with Gasteiger partial charge in [-0.25, -0.2) is 18.7 Å². The van der Waals surface area contributed by atoms with Crippen molar-refractivity contribution in [1.82, 2.24) is 9.97 Å². The molecule has 3 N–H and O–H groups in total. The van der Waals surface area contributed by atoms with Crippen LogP contribution in [0.15, 0.2) is 29.2 Å². The molecule has 5 nitrogen and oxygen atoms in total. The Labute approximate surface area is 163 Å². The lowest BCUT2D eigenvalue weighted by atomic mass is 9.95. The summed E-state index contributed by atoms with van der Waals surface area (Å²) in [6, 6.07) is 7.70. The van der Waals surface area contributed by atoms with E-state index in [1.54, 1.807) is 4.90 Å². The van der Waals surface area contributed by atoms with Gasteiger partial charge in [0.2, 0.25) is 0 Å². The molecule has 1 aromatic heterocycles. The van der Waals surface area contributed by atoms with E-state index < -0.39 is 5.92 Å². The predicted octanol–water partition coefficient (Wildman–Crippen LogP) is 4.10. The van der Waals surface area contributed by atoms with Crippen molar-refractivity contribution in [2.75, 3.05) is 29.0 Å². The minimum absolute atomic E-state index is 0.197. The second kappa shape index (κ2) is 7.14. The van der Waals surface area contributed by atoms with Crippen molar-refractivity contribution in [3.8, 4) is 0 Å². The third-order valence-corrected chi connectivity index (χ3v) is 4.94. The third-order valence-electron chi connectivity index (χ3n) is 4.50. The van der Waals surface area contributed by atoms with Crippen molar-refractivity contribution in [2.24, 2.45) is 0 Å². The third kappa shape index (κ3) is 4.43. The van der Waals surface area contributed by atoms with Crippen LogP contribution in [0.1, 0.15) is 38.6 Å². The second-order valence-electron chi connectivity index (χ2n) is 7.89. The van der Waals surface area contributed by atoms with Gasteiger partial charge in [0.05, 0.1) is 6.54 Å². The maximum Gasteiger partial charge on any atom is 0.266 e. The molecule has 0 saturated carbocycles. The van der Waals surface area contributed by atoms with E-state index in [0.717, 1.165) is 10.5 Å². The molecule has 0 amide bonds. The average Bonchev–Trinajstić information content (AvgIpc) is 2.94. The number of nitrogen functional groups attached to an aromatic ring is 1. The number of aromatic nitrogens is 2. The Morgan fingerprint density at radius 3 is 2.56 bits per heavy atom. The molecule has 1 fully saturated rings. The lowest BCUT2D eigenvalue weighted by Gasteiger charge is -2.25. The molecular weight excluding hydrogens is 368 g/mol. The molecule has 8 heteroatoms. The topological polar surface area (TPSA) is 67.1 Å². The van der Waals surface area contributed by atoms with Gasteiger partial charge in [-0.15, -0.1) is 12.6 Å². The van der Waals surface area contributed by atoms with Crippen molar-refractivity contribution < 1.29 is 8.78 Å². The SMILES string of the molecule is CC(C)(C)c1nc(NCc2ccccc2S)c(N)c(N2CCC(F)(F)C2)n1. The fourth-order valence-corrected chi connectivity index (χ4v) is 3.16. The van der Waals surface area contributed by atoms with Gasteiger partial charge in [0.15, 0.2) is 11.6 Å². The number of alkyl halides is 2. The molecule has 1 aliphatic heterocycles. The number of benzene rings is 1. The van der Waals surface area contributed by atoms with Crippen LogP contribution in [-0.4, -0.2) is 29.0 Å². The summed E-state index contributed by atoms with van der Waals surface area (Å²) in [5, 5.41) is 3.23. The van der Waals surface area contributed by atoms with E-state index in [1.165, 1.54) is 0 Å². The zero-order valence-corrected chi connectivity index (χ0v) is 16.7. The van der Waals surface area contributed by atoms with E-state index in [0.29, 0.717) is 24.0 Å². The molecular formula is C19H25F2N5S. The second-order valence-corrected chi connectivity index (χ2v) is 8.37. The van der Waals surface area contributed by atoms with E-state index >= 15 is 0 Å². The first-order valence-corrected chi connectivity index (χ1v) is 9.33. The van der Waals surface area contributed by atoms with Crippen molar-refractivity contribution in [1.29, 1.82) is 0 Å². The predicted molar refractivity (Wildman–Crippen MR) is 108 cm³/mol. The lowest BCUT2D eigenvalue weighted by Crippen LogP contribution is -2.28. The van der Waals surface area contributed by atoms with Crippen LogP contribution < -0.4 is 16.0 Å². The maximum atomic E-state index is 13.7. The Balaban J connectivity index is 1.95. The zero-order valence-electron chi connectivity index (χ0n) is 15.8. The summed E-state index contributed by atoms with van der Waals surface area (Å²) in [4.78, 5) is 11.5. The van der Waals surface area contributed by atoms with E-state index in [-0.39, 0.29) is 30.6 Å². The zero-order chi connectivity index (χ0) is 19.8. The van der Waals surface area contributed by atoms with Crippen molar-refractivity contribution in [2.45, 2.75) is 50.0 Å². The molecule has 0 bridgehead atoms. The minimum Gasteiger partial charge on any atom is -0.393 e. The first-order chi connectivity index (χ1) is 12.6. The Kier molecular flexibility index (Phi) is 5.20. The summed E-state index contributed by atoms with van der Waals surface area (Å²) < 4.78 is 27.4. The summed E-state index contributed by atoms with van der Waals surface area (Å²) in [7, 11) is 0. The molecule has 2 aromatic rings. The normalized spacial score (nSPS) is 16.6. The number of thiol groups is 1. The molecule has 146 valence electrons. The van der Waals surface area contributed by atoms with Crippen LogP contribution in [-0.2, 0) is 12.0 Å².